The molecule has 0 unspecified atom stereocenters. The predicted octanol–water partition coefficient (Wildman–Crippen LogP) is 2.18. The molecule has 0 aliphatic carbocycles. The minimum Gasteiger partial charge on any atom is -0.492 e. The van der Waals surface area contributed by atoms with E-state index in [1.807, 2.05) is 0 Å². The maximum atomic E-state index is 11.8. The number of carbonyl (C=O) groups excluding carboxylic acids is 1. The summed E-state index contributed by atoms with van der Waals surface area (Å²) in [5.41, 5.74) is 1.01. The second-order valence-corrected chi connectivity index (χ2v) is 6.34. The third-order valence-electron chi connectivity index (χ3n) is 3.07. The summed E-state index contributed by atoms with van der Waals surface area (Å²) in [5, 5.41) is 20.9. The van der Waals surface area contributed by atoms with Gasteiger partial charge in [0.2, 0.25) is 5.88 Å². The molecule has 9 heteroatoms. The number of ether oxygens (including phenoxy) is 1. The number of aryl methyl sites for hydroxylation is 1. The Bertz CT molecular complexity index is 906. The van der Waals surface area contributed by atoms with Gasteiger partial charge in [-0.15, -0.1) is 5.10 Å². The van der Waals surface area contributed by atoms with Crippen molar-refractivity contribution in [2.75, 3.05) is 5.32 Å². The normalized spacial score (nSPS) is 11.7. The van der Waals surface area contributed by atoms with Crippen molar-refractivity contribution in [3.63, 3.8) is 0 Å². The summed E-state index contributed by atoms with van der Waals surface area (Å²) in [4.78, 5) is 15.9. The van der Waals surface area contributed by atoms with E-state index in [-0.39, 0.29) is 11.7 Å². The summed E-state index contributed by atoms with van der Waals surface area (Å²) in [6.45, 7) is 5.31. The van der Waals surface area contributed by atoms with Crippen molar-refractivity contribution in [2.24, 2.45) is 7.05 Å². The second-order valence-electron chi connectivity index (χ2n) is 6.34. The van der Waals surface area contributed by atoms with Gasteiger partial charge in [-0.2, -0.15) is 5.10 Å². The topological polar surface area (TPSA) is 107 Å². The highest BCUT2D eigenvalue weighted by Crippen LogP contribution is 2.24. The van der Waals surface area contributed by atoms with E-state index >= 15 is 0 Å². The van der Waals surface area contributed by atoms with Crippen LogP contribution < -0.4 is 5.32 Å². The molecule has 3 aromatic heterocycles. The Labute approximate surface area is 137 Å². The van der Waals surface area contributed by atoms with Gasteiger partial charge in [-0.1, -0.05) is 0 Å². The zero-order chi connectivity index (χ0) is 17.5. The number of hydrogen-bond acceptors (Lipinski definition) is 6. The van der Waals surface area contributed by atoms with Crippen molar-refractivity contribution >= 4 is 17.4 Å². The first kappa shape index (κ1) is 15.8. The number of anilines is 1. The lowest BCUT2D eigenvalue weighted by molar-refractivity contribution is 0.0635. The third-order valence-corrected chi connectivity index (χ3v) is 3.07. The molecule has 0 saturated heterocycles. The van der Waals surface area contributed by atoms with Crippen molar-refractivity contribution in [3.8, 4) is 17.1 Å². The van der Waals surface area contributed by atoms with Gasteiger partial charge in [0.25, 0.3) is 0 Å². The number of amides is 1. The highest BCUT2D eigenvalue weighted by Gasteiger charge is 2.18. The molecule has 0 aromatic carbocycles. The van der Waals surface area contributed by atoms with Gasteiger partial charge in [-0.05, 0) is 20.8 Å². The van der Waals surface area contributed by atoms with Crippen LogP contribution in [0.2, 0.25) is 0 Å². The quantitative estimate of drug-likeness (QED) is 0.746. The van der Waals surface area contributed by atoms with E-state index in [2.05, 4.69) is 20.5 Å². The molecule has 2 N–H and O–H groups in total. The molecule has 3 rings (SSSR count). The molecule has 0 atom stereocenters. The fourth-order valence-electron chi connectivity index (χ4n) is 2.14. The molecule has 0 saturated carbocycles. The van der Waals surface area contributed by atoms with Crippen LogP contribution in [0.5, 0.6) is 5.88 Å². The fourth-order valence-corrected chi connectivity index (χ4v) is 2.14. The summed E-state index contributed by atoms with van der Waals surface area (Å²) >= 11 is 0. The van der Waals surface area contributed by atoms with Gasteiger partial charge in [-0.25, -0.2) is 14.3 Å². The molecule has 0 bridgehead atoms. The first-order chi connectivity index (χ1) is 11.2. The van der Waals surface area contributed by atoms with Gasteiger partial charge >= 0.3 is 6.09 Å². The van der Waals surface area contributed by atoms with E-state index in [0.29, 0.717) is 11.2 Å². The molecule has 126 valence electrons. The predicted molar refractivity (Wildman–Crippen MR) is 86.7 cm³/mol. The Morgan fingerprint density at radius 1 is 1.33 bits per heavy atom. The Hall–Kier alpha value is -3.10. The molecule has 0 radical (unpaired) electrons. The number of nitrogens with zero attached hydrogens (tertiary/aromatic N) is 5. The lowest BCUT2D eigenvalue weighted by Gasteiger charge is -2.18. The summed E-state index contributed by atoms with van der Waals surface area (Å²) in [5.74, 6) is 0.0609. The molecule has 0 fully saturated rings. The third kappa shape index (κ3) is 3.29. The smallest absolute Gasteiger partial charge is 0.413 e. The summed E-state index contributed by atoms with van der Waals surface area (Å²) < 4.78 is 8.25. The van der Waals surface area contributed by atoms with Gasteiger partial charge in [0.05, 0.1) is 18.1 Å². The van der Waals surface area contributed by atoms with Crippen molar-refractivity contribution in [1.82, 2.24) is 24.4 Å². The van der Waals surface area contributed by atoms with Crippen LogP contribution in [0.3, 0.4) is 0 Å². The molecule has 0 aliphatic heterocycles. The van der Waals surface area contributed by atoms with Crippen LogP contribution in [0.1, 0.15) is 20.8 Å². The number of rotatable bonds is 2. The molecule has 0 aliphatic rings. The number of aromatic nitrogens is 5. The number of carbonyl (C=O) groups is 1. The van der Waals surface area contributed by atoms with Crippen molar-refractivity contribution in [1.29, 1.82) is 0 Å². The summed E-state index contributed by atoms with van der Waals surface area (Å²) in [6, 6.07) is 1.51. The monoisotopic (exact) mass is 330 g/mol. The first-order valence-corrected chi connectivity index (χ1v) is 7.30. The van der Waals surface area contributed by atoms with Gasteiger partial charge in [0.15, 0.2) is 5.82 Å². The van der Waals surface area contributed by atoms with Crippen LogP contribution >= 0.6 is 0 Å². The lowest BCUT2D eigenvalue weighted by Crippen LogP contribution is -2.27. The van der Waals surface area contributed by atoms with Gasteiger partial charge in [0, 0.05) is 24.9 Å². The second kappa shape index (κ2) is 5.52. The van der Waals surface area contributed by atoms with Gasteiger partial charge in [-0.3, -0.25) is 10.00 Å². The molecule has 0 spiro atoms. The van der Waals surface area contributed by atoms with E-state index in [1.165, 1.54) is 10.6 Å². The van der Waals surface area contributed by atoms with E-state index in [9.17, 15) is 9.90 Å². The van der Waals surface area contributed by atoms with Gasteiger partial charge < -0.3 is 9.84 Å². The van der Waals surface area contributed by atoms with E-state index < -0.39 is 11.7 Å². The molecule has 9 nitrogen and oxygen atoms in total. The van der Waals surface area contributed by atoms with Crippen LogP contribution in [-0.4, -0.2) is 41.2 Å². The molecule has 24 heavy (non-hydrogen) atoms. The maximum absolute atomic E-state index is 11.8. The van der Waals surface area contributed by atoms with Gasteiger partial charge in [0.1, 0.15) is 11.1 Å². The Kier molecular flexibility index (Phi) is 3.63. The Morgan fingerprint density at radius 3 is 2.71 bits per heavy atom. The zero-order valence-corrected chi connectivity index (χ0v) is 13.8. The van der Waals surface area contributed by atoms with Crippen LogP contribution in [0.4, 0.5) is 10.6 Å². The number of aromatic hydroxyl groups is 1. The minimum absolute atomic E-state index is 0.193. The average molecular weight is 330 g/mol. The zero-order valence-electron chi connectivity index (χ0n) is 13.8. The SMILES string of the molecule is Cn1cc(-c2cn3nc(NC(=O)OC(C)(C)C)cc3c(O)n2)cn1. The molecule has 3 heterocycles. The lowest BCUT2D eigenvalue weighted by atomic mass is 10.2. The van der Waals surface area contributed by atoms with E-state index in [4.69, 9.17) is 4.74 Å². The number of hydrogen-bond donors (Lipinski definition) is 2. The van der Waals surface area contributed by atoms with Crippen LogP contribution in [0.25, 0.3) is 16.8 Å². The first-order valence-electron chi connectivity index (χ1n) is 7.30. The average Bonchev–Trinajstić information content (AvgIpc) is 3.02. The summed E-state index contributed by atoms with van der Waals surface area (Å²) in [6.07, 6.45) is 4.44. The molecular weight excluding hydrogens is 312 g/mol. The van der Waals surface area contributed by atoms with Crippen LogP contribution in [0.15, 0.2) is 24.7 Å². The van der Waals surface area contributed by atoms with E-state index in [0.717, 1.165) is 5.56 Å². The Morgan fingerprint density at radius 2 is 2.08 bits per heavy atom. The minimum atomic E-state index is -0.620. The highest BCUT2D eigenvalue weighted by molar-refractivity contribution is 5.85. The molecular formula is C15H18N6O3. The highest BCUT2D eigenvalue weighted by atomic mass is 16.6. The standard InChI is InChI=1S/C15H18N6O3/c1-15(2,3)24-14(23)18-12-5-11-13(22)17-10(8-21(11)19-12)9-6-16-20(4)7-9/h5-8H,1-4H3,(H,17,22)(H,18,19,23). The molecule has 1 amide bonds. The van der Waals surface area contributed by atoms with Crippen molar-refractivity contribution in [2.45, 2.75) is 26.4 Å². The largest absolute Gasteiger partial charge is 0.492 e. The number of nitrogens with one attached hydrogen (secondary N) is 1. The fraction of sp³-hybridized carbons (Fsp3) is 0.333. The van der Waals surface area contributed by atoms with Crippen molar-refractivity contribution < 1.29 is 14.6 Å². The van der Waals surface area contributed by atoms with E-state index in [1.54, 1.807) is 51.1 Å². The van der Waals surface area contributed by atoms with Crippen LogP contribution in [-0.2, 0) is 11.8 Å². The number of fused-ring (bicyclic) bond motifs is 1. The van der Waals surface area contributed by atoms with Crippen LogP contribution in [0, 0.1) is 0 Å². The molecule has 3 aromatic rings. The summed E-state index contributed by atoms with van der Waals surface area (Å²) in [7, 11) is 1.79. The Balaban J connectivity index is 1.91. The van der Waals surface area contributed by atoms with Crippen molar-refractivity contribution in [3.05, 3.63) is 24.7 Å². The maximum Gasteiger partial charge on any atom is 0.413 e.